The molecule has 5 heteroatoms. The fourth-order valence-electron chi connectivity index (χ4n) is 3.09. The molecule has 3 rings (SSSR count). The summed E-state index contributed by atoms with van der Waals surface area (Å²) in [6.07, 6.45) is 0. The van der Waals surface area contributed by atoms with Gasteiger partial charge in [-0.1, -0.05) is 47.5 Å². The molecular weight excluding hydrogens is 374 g/mol. The molecule has 3 N–H and O–H groups in total. The van der Waals surface area contributed by atoms with Crippen LogP contribution in [0.1, 0.15) is 32.6 Å². The molecule has 0 unspecified atom stereocenters. The van der Waals surface area contributed by atoms with Crippen molar-refractivity contribution in [1.82, 2.24) is 5.32 Å². The Labute approximate surface area is 177 Å². The SMILES string of the molecule is Cc1ccc(CNC(=O)c2ccc(NC(=O)CNc3ccc(C)cc3C)cc2)cc1. The highest BCUT2D eigenvalue weighted by atomic mass is 16.2. The molecule has 0 aliphatic carbocycles. The maximum absolute atomic E-state index is 12.3. The Balaban J connectivity index is 1.48. The van der Waals surface area contributed by atoms with Crippen LogP contribution >= 0.6 is 0 Å². The van der Waals surface area contributed by atoms with Gasteiger partial charge in [0.15, 0.2) is 0 Å². The van der Waals surface area contributed by atoms with Crippen LogP contribution in [0.5, 0.6) is 0 Å². The van der Waals surface area contributed by atoms with E-state index in [0.29, 0.717) is 17.8 Å². The second-order valence-electron chi connectivity index (χ2n) is 7.47. The lowest BCUT2D eigenvalue weighted by Crippen LogP contribution is -2.23. The molecule has 0 aliphatic heterocycles. The highest BCUT2D eigenvalue weighted by molar-refractivity contribution is 5.96. The van der Waals surface area contributed by atoms with Gasteiger partial charge in [0.1, 0.15) is 0 Å². The Morgan fingerprint density at radius 2 is 1.47 bits per heavy atom. The third kappa shape index (κ3) is 5.95. The first-order valence-electron chi connectivity index (χ1n) is 9.95. The quantitative estimate of drug-likeness (QED) is 0.542. The number of hydrogen-bond acceptors (Lipinski definition) is 3. The molecule has 0 saturated carbocycles. The summed E-state index contributed by atoms with van der Waals surface area (Å²) >= 11 is 0. The molecule has 0 atom stereocenters. The molecule has 0 aromatic heterocycles. The van der Waals surface area contributed by atoms with Crippen molar-refractivity contribution in [3.05, 3.63) is 94.5 Å². The number of amides is 2. The van der Waals surface area contributed by atoms with E-state index in [4.69, 9.17) is 0 Å². The minimum absolute atomic E-state index is 0.147. The van der Waals surface area contributed by atoms with Gasteiger partial charge in [-0.3, -0.25) is 9.59 Å². The highest BCUT2D eigenvalue weighted by Gasteiger charge is 2.07. The summed E-state index contributed by atoms with van der Waals surface area (Å²) < 4.78 is 0. The lowest BCUT2D eigenvalue weighted by molar-refractivity contribution is -0.114. The van der Waals surface area contributed by atoms with Gasteiger partial charge in [-0.05, 0) is 62.2 Å². The first-order chi connectivity index (χ1) is 14.4. The summed E-state index contributed by atoms with van der Waals surface area (Å²) in [5.74, 6) is -0.295. The predicted molar refractivity (Wildman–Crippen MR) is 122 cm³/mol. The maximum atomic E-state index is 12.3. The maximum Gasteiger partial charge on any atom is 0.251 e. The molecule has 0 fully saturated rings. The minimum atomic E-state index is -0.148. The smallest absolute Gasteiger partial charge is 0.251 e. The van der Waals surface area contributed by atoms with Gasteiger partial charge in [0.05, 0.1) is 6.54 Å². The van der Waals surface area contributed by atoms with E-state index in [1.165, 1.54) is 11.1 Å². The fraction of sp³-hybridized carbons (Fsp3) is 0.200. The third-order valence-corrected chi connectivity index (χ3v) is 4.83. The number of carbonyl (C=O) groups is 2. The largest absolute Gasteiger partial charge is 0.376 e. The van der Waals surface area contributed by atoms with Crippen LogP contribution in [0.15, 0.2) is 66.7 Å². The summed E-state index contributed by atoms with van der Waals surface area (Å²) in [6.45, 7) is 6.72. The molecule has 0 saturated heterocycles. The van der Waals surface area contributed by atoms with Crippen LogP contribution in [-0.4, -0.2) is 18.4 Å². The Hall–Kier alpha value is -3.60. The first kappa shape index (κ1) is 21.1. The third-order valence-electron chi connectivity index (χ3n) is 4.83. The topological polar surface area (TPSA) is 70.2 Å². The van der Waals surface area contributed by atoms with Crippen LogP contribution in [0, 0.1) is 20.8 Å². The number of rotatable bonds is 7. The number of nitrogens with one attached hydrogen (secondary N) is 3. The van der Waals surface area contributed by atoms with Gasteiger partial charge in [-0.15, -0.1) is 0 Å². The van der Waals surface area contributed by atoms with Gasteiger partial charge in [0.2, 0.25) is 5.91 Å². The average molecular weight is 402 g/mol. The molecule has 0 radical (unpaired) electrons. The summed E-state index contributed by atoms with van der Waals surface area (Å²) in [5.41, 5.74) is 6.66. The lowest BCUT2D eigenvalue weighted by atomic mass is 10.1. The monoisotopic (exact) mass is 401 g/mol. The minimum Gasteiger partial charge on any atom is -0.376 e. The number of carbonyl (C=O) groups excluding carboxylic acids is 2. The van der Waals surface area contributed by atoms with Crippen LogP contribution in [0.25, 0.3) is 0 Å². The van der Waals surface area contributed by atoms with E-state index in [1.54, 1.807) is 24.3 Å². The normalized spacial score (nSPS) is 10.4. The summed E-state index contributed by atoms with van der Waals surface area (Å²) in [7, 11) is 0. The van der Waals surface area contributed by atoms with E-state index in [1.807, 2.05) is 57.2 Å². The molecule has 154 valence electrons. The molecule has 0 spiro atoms. The molecule has 0 aliphatic rings. The van der Waals surface area contributed by atoms with Crippen molar-refractivity contribution >= 4 is 23.2 Å². The van der Waals surface area contributed by atoms with Gasteiger partial charge >= 0.3 is 0 Å². The Kier molecular flexibility index (Phi) is 6.86. The van der Waals surface area contributed by atoms with Crippen molar-refractivity contribution < 1.29 is 9.59 Å². The van der Waals surface area contributed by atoms with Crippen LogP contribution < -0.4 is 16.0 Å². The first-order valence-corrected chi connectivity index (χ1v) is 9.95. The summed E-state index contributed by atoms with van der Waals surface area (Å²) in [5, 5.41) is 8.89. The van der Waals surface area contributed by atoms with E-state index < -0.39 is 0 Å². The Morgan fingerprint density at radius 3 is 2.13 bits per heavy atom. The van der Waals surface area contributed by atoms with Gasteiger partial charge in [-0.25, -0.2) is 0 Å². The number of aryl methyl sites for hydroxylation is 3. The molecule has 3 aromatic carbocycles. The number of hydrogen-bond donors (Lipinski definition) is 3. The van der Waals surface area contributed by atoms with Gasteiger partial charge in [0, 0.05) is 23.5 Å². The Morgan fingerprint density at radius 1 is 0.800 bits per heavy atom. The zero-order valence-electron chi connectivity index (χ0n) is 17.6. The van der Waals surface area contributed by atoms with E-state index in [2.05, 4.69) is 22.0 Å². The van der Waals surface area contributed by atoms with Crippen LogP contribution in [-0.2, 0) is 11.3 Å². The van der Waals surface area contributed by atoms with Gasteiger partial charge in [-0.2, -0.15) is 0 Å². The second-order valence-corrected chi connectivity index (χ2v) is 7.47. The van der Waals surface area contributed by atoms with Crippen molar-refractivity contribution in [3.63, 3.8) is 0 Å². The van der Waals surface area contributed by atoms with Crippen molar-refractivity contribution in [2.75, 3.05) is 17.2 Å². The van der Waals surface area contributed by atoms with Crippen molar-refractivity contribution in [2.45, 2.75) is 27.3 Å². The van der Waals surface area contributed by atoms with E-state index >= 15 is 0 Å². The van der Waals surface area contributed by atoms with Crippen molar-refractivity contribution in [2.24, 2.45) is 0 Å². The summed E-state index contributed by atoms with van der Waals surface area (Å²) in [6, 6.07) is 21.0. The van der Waals surface area contributed by atoms with E-state index in [0.717, 1.165) is 16.8 Å². The molecule has 5 nitrogen and oxygen atoms in total. The molecule has 3 aromatic rings. The molecule has 2 amide bonds. The predicted octanol–water partition coefficient (Wildman–Crippen LogP) is 4.59. The van der Waals surface area contributed by atoms with E-state index in [-0.39, 0.29) is 18.4 Å². The van der Waals surface area contributed by atoms with Crippen LogP contribution in [0.4, 0.5) is 11.4 Å². The van der Waals surface area contributed by atoms with Crippen molar-refractivity contribution in [3.8, 4) is 0 Å². The van der Waals surface area contributed by atoms with Crippen LogP contribution in [0.3, 0.4) is 0 Å². The molecule has 0 heterocycles. The molecular formula is C25H27N3O2. The van der Waals surface area contributed by atoms with Crippen molar-refractivity contribution in [1.29, 1.82) is 0 Å². The zero-order chi connectivity index (χ0) is 21.5. The van der Waals surface area contributed by atoms with Gasteiger partial charge < -0.3 is 16.0 Å². The van der Waals surface area contributed by atoms with Crippen LogP contribution in [0.2, 0.25) is 0 Å². The highest BCUT2D eigenvalue weighted by Crippen LogP contribution is 2.16. The number of benzene rings is 3. The average Bonchev–Trinajstić information content (AvgIpc) is 2.73. The van der Waals surface area contributed by atoms with Gasteiger partial charge in [0.25, 0.3) is 5.91 Å². The fourth-order valence-corrected chi connectivity index (χ4v) is 3.09. The zero-order valence-corrected chi connectivity index (χ0v) is 17.6. The lowest BCUT2D eigenvalue weighted by Gasteiger charge is -2.11. The summed E-state index contributed by atoms with van der Waals surface area (Å²) in [4.78, 5) is 24.5. The standard InChI is InChI=1S/C25H27N3O2/c1-17-4-7-20(8-5-17)15-27-25(30)21-9-11-22(12-10-21)28-24(29)16-26-23-13-6-18(2)14-19(23)3/h4-14,26H,15-16H2,1-3H3,(H,27,30)(H,28,29). The molecule has 30 heavy (non-hydrogen) atoms. The second kappa shape index (κ2) is 9.74. The number of anilines is 2. The van der Waals surface area contributed by atoms with E-state index in [9.17, 15) is 9.59 Å². The molecule has 0 bridgehead atoms. The Bertz CT molecular complexity index is 1030.